The van der Waals surface area contributed by atoms with Gasteiger partial charge in [-0.2, -0.15) is 0 Å². The standard InChI is InChI=1S/C27H23NOS2.C18H15NOS2.C17H16O3S2.C16H14N2OS2.C16H14O3S2.C16H16OS3/c1-18-14-26-22(23-17-25(29-3)19(2)15-27(23)31-30-26)16-24(18)28(20-10-6-4-7-11-20)21-12-8-5-9-13-21;1-10-7-15-13(9-14(10)20-3)17-12-5-4-6-19-18(12)11(2)8-16(17)22-21-15;1-9-5-16-12(7-14(9)19-4)13-8-15(20-11(3)18)10(2)6-17(13)22-21-16;1-8-4-12-10(6-11(8)19-3)14-13(21-20-12)5-9(2)15-16(14)18-7-17-15;1-8-4-12-10(6-11(8)17-3)14-13(21-20-12)5-9(2)15-16(14)19-7-18-15;1-9-5-15-11(7-13(9)17-3)12-8-14(18-4)10(2)6-16(12)20-19-15/h4-17H,1-3H3;4-9H,1-3H3;5-8H,1-4H3;4-7H,1-3H3,(H,17,18);4-6H,7H2,1-3H3;5-8H,1-4H3. The number of aromatic amines is 1. The van der Waals surface area contributed by atoms with Crippen molar-refractivity contribution in [2.24, 2.45) is 0 Å². The number of benzene rings is 14. The predicted molar refractivity (Wildman–Crippen MR) is 587 cm³/mol. The highest BCUT2D eigenvalue weighted by Crippen LogP contribution is 2.63. The molecule has 1 N–H and O–H groups in total. The number of nitrogens with one attached hydrogen (secondary N) is 1. The van der Waals surface area contributed by atoms with E-state index in [4.69, 9.17) is 42.6 Å². The van der Waals surface area contributed by atoms with Crippen LogP contribution < -0.4 is 47.5 Å². The molecule has 0 amide bonds. The Morgan fingerprint density at radius 1 is 0.328 bits per heavy atom. The van der Waals surface area contributed by atoms with Crippen molar-refractivity contribution in [2.75, 3.05) is 60.6 Å². The molecule has 0 aliphatic carbocycles. The first-order valence-corrected chi connectivity index (χ1v) is 58.0. The molecule has 9 heterocycles. The number of H-pyrrole nitrogens is 1. The number of pyridine rings is 1. The first kappa shape index (κ1) is 97.4. The van der Waals surface area contributed by atoms with E-state index < -0.39 is 0 Å². The number of nitrogens with zero attached hydrogens (tertiary/aromatic N) is 3. The number of carbonyl (C=O) groups excluding carboxylic acids is 1. The fraction of sp³-hybridized carbons (Fsp3) is 0.191. The number of aromatic nitrogens is 3. The summed E-state index contributed by atoms with van der Waals surface area (Å²) in [5.41, 5.74) is 35.4. The number of esters is 1. The summed E-state index contributed by atoms with van der Waals surface area (Å²) in [6.07, 6.45) is 5.77. The third kappa shape index (κ3) is 19.8. The van der Waals surface area contributed by atoms with Crippen LogP contribution in [0.1, 0.15) is 73.7 Å². The molecule has 0 bridgehead atoms. The topological polar surface area (TPSA) is 145 Å². The summed E-state index contributed by atoms with van der Waals surface area (Å²) in [4.78, 5) is 42.6. The van der Waals surface area contributed by atoms with Crippen LogP contribution in [-0.2, 0) is 4.79 Å². The molecule has 23 rings (SSSR count). The second-order valence-corrected chi connectivity index (χ2v) is 47.5. The van der Waals surface area contributed by atoms with Crippen molar-refractivity contribution < 1.29 is 47.4 Å². The van der Waals surface area contributed by atoms with Crippen molar-refractivity contribution in [3.05, 3.63) is 279 Å². The van der Waals surface area contributed by atoms with Gasteiger partial charge >= 0.3 is 5.97 Å². The van der Waals surface area contributed by atoms with E-state index in [1.54, 1.807) is 92.2 Å². The van der Waals surface area contributed by atoms with Crippen molar-refractivity contribution >= 4 is 186 Å². The summed E-state index contributed by atoms with van der Waals surface area (Å²) >= 11 is 1.81. The van der Waals surface area contributed by atoms with Gasteiger partial charge in [0, 0.05) is 155 Å². The second-order valence-electron chi connectivity index (χ2n) is 33.4. The van der Waals surface area contributed by atoms with E-state index in [-0.39, 0.29) is 5.97 Å². The van der Waals surface area contributed by atoms with Gasteiger partial charge in [0.25, 0.3) is 0 Å². The first-order valence-electron chi connectivity index (χ1n) is 43.9. The van der Waals surface area contributed by atoms with Gasteiger partial charge in [0.05, 0.1) is 65.5 Å². The largest absolute Gasteiger partial charge is 0.496 e. The molecule has 14 nitrogen and oxygen atoms in total. The van der Waals surface area contributed by atoms with E-state index in [1.165, 1.54) is 171 Å². The van der Waals surface area contributed by atoms with Crippen LogP contribution in [0.15, 0.2) is 276 Å². The SMILES string of the molecule is COc1cc2c(cc1C)SSc1cc(C)c(N(c3ccccc3)c3ccccc3)cc1-2.COc1cc2c(cc1C)SSc1cc(C)c(OC(C)=O)cc1-2.COc1cc2c(cc1C)SSc1cc(C)c(SC)cc1-2.COc1cc2c(cc1C)SSc1cc(C)c3c(c1-2)OCO3.COc1cc2c(cc1C)SSc1cc(C)c3nc[nH]c3c1-2.COc1cc2c(cc1C)SSc1cc(C)c3ncccc3c1-2. The maximum absolute atomic E-state index is 11.3. The van der Waals surface area contributed by atoms with Gasteiger partial charge < -0.3 is 52.5 Å². The number of imidazole rings is 1. The molecule has 0 radical (unpaired) electrons. The predicted octanol–water partition coefficient (Wildman–Crippen LogP) is 34.8. The Labute approximate surface area is 852 Å². The molecule has 0 unspecified atom stereocenters. The lowest BCUT2D eigenvalue weighted by Gasteiger charge is -2.29. The lowest BCUT2D eigenvalue weighted by atomic mass is 9.97. The molecule has 0 fully saturated rings. The Morgan fingerprint density at radius 2 is 0.657 bits per heavy atom. The van der Waals surface area contributed by atoms with Gasteiger partial charge in [0.15, 0.2) is 11.5 Å². The minimum atomic E-state index is -0.303. The van der Waals surface area contributed by atoms with E-state index in [9.17, 15) is 4.79 Å². The summed E-state index contributed by atoms with van der Waals surface area (Å²) in [7, 11) is 32.0. The monoisotopic (exact) mass is 2050 g/mol. The van der Waals surface area contributed by atoms with E-state index in [0.29, 0.717) is 12.5 Å². The number of methoxy groups -OCH3 is 6. The van der Waals surface area contributed by atoms with Gasteiger partial charge in [-0.1, -0.05) is 172 Å². The Balaban J connectivity index is 0.000000110. The Morgan fingerprint density at radius 3 is 1.09 bits per heavy atom. The van der Waals surface area contributed by atoms with Crippen LogP contribution in [0.2, 0.25) is 0 Å². The Bertz CT molecular complexity index is 7370. The first-order chi connectivity index (χ1) is 66.3. The smallest absolute Gasteiger partial charge is 0.308 e. The van der Waals surface area contributed by atoms with Crippen molar-refractivity contribution in [2.45, 2.75) is 154 Å². The average molecular weight is 2050 g/mol. The van der Waals surface area contributed by atoms with Crippen molar-refractivity contribution in [3.63, 3.8) is 0 Å². The number of anilines is 3. The normalized spacial score (nSPS) is 12.9. The number of aryl methyl sites for hydroxylation is 12. The maximum Gasteiger partial charge on any atom is 0.308 e. The molecule has 16 aromatic rings. The van der Waals surface area contributed by atoms with Crippen molar-refractivity contribution in [1.29, 1.82) is 0 Å². The number of carbonyl (C=O) groups is 1. The van der Waals surface area contributed by atoms with Crippen LogP contribution in [0.4, 0.5) is 17.1 Å². The van der Waals surface area contributed by atoms with E-state index >= 15 is 0 Å². The summed E-state index contributed by atoms with van der Waals surface area (Å²) in [5.74, 6) is 7.59. The minimum Gasteiger partial charge on any atom is -0.496 e. The molecular formula is C110H98N4O10S13. The fourth-order valence-electron chi connectivity index (χ4n) is 17.4. The number of para-hydroxylation sites is 2. The van der Waals surface area contributed by atoms with Crippen molar-refractivity contribution in [1.82, 2.24) is 15.0 Å². The van der Waals surface area contributed by atoms with Crippen LogP contribution in [0.25, 0.3) is 88.7 Å². The molecule has 0 atom stereocenters. The number of hydrogen-bond acceptors (Lipinski definition) is 26. The zero-order valence-corrected chi connectivity index (χ0v) is 89.8. The molecule has 0 spiro atoms. The molecular weight excluding hydrogens is 1950 g/mol. The number of hydrogen-bond donors (Lipinski definition) is 1. The third-order valence-corrected chi connectivity index (χ3v) is 39.8. The van der Waals surface area contributed by atoms with Crippen LogP contribution >= 0.6 is 141 Å². The zero-order valence-electron chi connectivity index (χ0n) is 79.1. The number of thioether (sulfide) groups is 1. The van der Waals surface area contributed by atoms with E-state index in [0.717, 1.165) is 118 Å². The summed E-state index contributed by atoms with van der Waals surface area (Å²) in [5, 5.41) is 1.22. The quantitative estimate of drug-likeness (QED) is 0.0567. The van der Waals surface area contributed by atoms with Gasteiger partial charge in [-0.15, -0.1) is 11.8 Å². The maximum atomic E-state index is 11.3. The van der Waals surface area contributed by atoms with Crippen LogP contribution in [0.3, 0.4) is 0 Å². The lowest BCUT2D eigenvalue weighted by molar-refractivity contribution is -0.131. The fourth-order valence-corrected chi connectivity index (χ4v) is 33.2. The van der Waals surface area contributed by atoms with Crippen molar-refractivity contribution in [3.8, 4) is 119 Å². The van der Waals surface area contributed by atoms with Gasteiger partial charge in [-0.3, -0.25) is 9.78 Å². The Kier molecular flexibility index (Phi) is 30.1. The lowest BCUT2D eigenvalue weighted by Crippen LogP contribution is -2.11. The highest BCUT2D eigenvalue weighted by atomic mass is 33.1. The number of rotatable bonds is 11. The second kappa shape index (κ2) is 42.3. The summed E-state index contributed by atoms with van der Waals surface area (Å²) in [6, 6.07) is 71.3. The molecule has 27 heteroatoms. The molecule has 137 heavy (non-hydrogen) atoms. The minimum absolute atomic E-state index is 0.294. The molecule has 0 saturated carbocycles. The molecule has 2 aromatic heterocycles. The highest BCUT2D eigenvalue weighted by molar-refractivity contribution is 8.78. The van der Waals surface area contributed by atoms with Crippen LogP contribution in [-0.4, -0.2) is 76.6 Å². The number of fused-ring (bicyclic) bond motifs is 24. The molecule has 7 aliphatic heterocycles. The third-order valence-electron chi connectivity index (χ3n) is 24.3. The van der Waals surface area contributed by atoms with E-state index in [2.05, 4.69) is 283 Å². The zero-order chi connectivity index (χ0) is 95.9. The molecule has 7 aliphatic rings. The summed E-state index contributed by atoms with van der Waals surface area (Å²) < 4.78 is 49.8. The average Bonchev–Trinajstić information content (AvgIpc) is 1.37. The molecule has 0 saturated heterocycles. The Hall–Kier alpha value is -9.82. The number of ether oxygens (including phenoxy) is 9. The highest BCUT2D eigenvalue weighted by Gasteiger charge is 2.33. The van der Waals surface area contributed by atoms with Crippen LogP contribution in [0.5, 0.6) is 51.7 Å². The van der Waals surface area contributed by atoms with Gasteiger partial charge in [0.1, 0.15) is 40.2 Å². The van der Waals surface area contributed by atoms with Gasteiger partial charge in [0.2, 0.25) is 6.79 Å². The van der Waals surface area contributed by atoms with E-state index in [1.807, 2.05) is 130 Å². The summed E-state index contributed by atoms with van der Waals surface area (Å²) in [6.45, 7) is 26.8. The molecule has 696 valence electrons. The van der Waals surface area contributed by atoms with Crippen LogP contribution in [0, 0.1) is 83.1 Å². The molecule has 14 aromatic carbocycles. The van der Waals surface area contributed by atoms with Gasteiger partial charge in [-0.05, 0) is 325 Å². The van der Waals surface area contributed by atoms with Gasteiger partial charge in [-0.25, -0.2) is 4.98 Å².